The van der Waals surface area contributed by atoms with Crippen LogP contribution in [0.4, 0.5) is 0 Å². The van der Waals surface area contributed by atoms with E-state index in [1.165, 1.54) is 0 Å². The van der Waals surface area contributed by atoms with Crippen LogP contribution in [0, 0.1) is 0 Å². The molecule has 0 spiro atoms. The highest BCUT2D eigenvalue weighted by Crippen LogP contribution is 2.26. The molecule has 158 valence electrons. The molecule has 0 heterocycles. The topological polar surface area (TPSA) is 55.8 Å². The van der Waals surface area contributed by atoms with Crippen molar-refractivity contribution in [3.8, 4) is 5.75 Å². The molecule has 2 aromatic carbocycles. The molecule has 0 aliphatic rings. The predicted octanol–water partition coefficient (Wildman–Crippen LogP) is 4.62. The lowest BCUT2D eigenvalue weighted by Gasteiger charge is -2.15. The quantitative estimate of drug-likeness (QED) is 0.422. The van der Waals surface area contributed by atoms with Gasteiger partial charge >= 0.3 is 0 Å². The van der Waals surface area contributed by atoms with E-state index >= 15 is 0 Å². The Kier molecular flexibility index (Phi) is 10.8. The first kappa shape index (κ1) is 25.0. The van der Waals surface area contributed by atoms with Gasteiger partial charge in [0.25, 0.3) is 0 Å². The Morgan fingerprint density at radius 1 is 1.14 bits per heavy atom. The van der Waals surface area contributed by atoms with Gasteiger partial charge in [0.15, 0.2) is 5.78 Å². The van der Waals surface area contributed by atoms with Gasteiger partial charge in [0.1, 0.15) is 18.6 Å². The fraction of sp³-hybridized carbons (Fsp3) is 0.391. The molecular weight excluding hydrogens is 434 g/mol. The van der Waals surface area contributed by atoms with E-state index in [9.17, 15) is 9.59 Å². The number of methoxy groups -OCH3 is 1. The summed E-state index contributed by atoms with van der Waals surface area (Å²) in [6, 6.07) is 14.5. The van der Waals surface area contributed by atoms with Gasteiger partial charge in [-0.3, -0.25) is 9.69 Å². The Balaban J connectivity index is 0.000000612. The first-order valence-electron chi connectivity index (χ1n) is 9.37. The second kappa shape index (κ2) is 12.5. The molecule has 0 amide bonds. The second-order valence-electron chi connectivity index (χ2n) is 7.43. The van der Waals surface area contributed by atoms with Crippen LogP contribution < -0.4 is 4.74 Å². The van der Waals surface area contributed by atoms with Crippen LogP contribution in [0.25, 0.3) is 0 Å². The van der Waals surface area contributed by atoms with Crippen molar-refractivity contribution in [1.29, 1.82) is 0 Å². The van der Waals surface area contributed by atoms with Gasteiger partial charge < -0.3 is 14.3 Å². The summed E-state index contributed by atoms with van der Waals surface area (Å²) in [6.45, 7) is 7.43. The number of nitrogens with zero attached hydrogens (tertiary/aromatic N) is 1. The van der Waals surface area contributed by atoms with Crippen LogP contribution in [0.1, 0.15) is 36.7 Å². The lowest BCUT2D eigenvalue weighted by molar-refractivity contribution is -0.108. The average molecular weight is 464 g/mol. The molecule has 0 aliphatic carbocycles. The molecule has 0 atom stereocenters. The van der Waals surface area contributed by atoms with Crippen LogP contribution in [0.2, 0.25) is 0 Å². The maximum absolute atomic E-state index is 12.7. The van der Waals surface area contributed by atoms with Crippen molar-refractivity contribution in [2.24, 2.45) is 0 Å². The third-order valence-electron chi connectivity index (χ3n) is 3.95. The number of benzene rings is 2. The highest BCUT2D eigenvalue weighted by Gasteiger charge is 2.15. The van der Waals surface area contributed by atoms with Crippen molar-refractivity contribution >= 4 is 28.0 Å². The number of hydrogen-bond donors (Lipinski definition) is 0. The summed E-state index contributed by atoms with van der Waals surface area (Å²) < 4.78 is 11.5. The minimum absolute atomic E-state index is 0.0417. The molecular formula is C23H30BrNO4. The number of ether oxygens (including phenoxy) is 2. The summed E-state index contributed by atoms with van der Waals surface area (Å²) in [7, 11) is 3.55. The molecule has 0 aromatic heterocycles. The number of aldehydes is 1. The minimum Gasteiger partial charge on any atom is -0.491 e. The number of rotatable bonds is 8. The van der Waals surface area contributed by atoms with E-state index < -0.39 is 0 Å². The Morgan fingerprint density at radius 2 is 1.76 bits per heavy atom. The average Bonchev–Trinajstić information content (AvgIpc) is 2.69. The number of ketones is 1. The summed E-state index contributed by atoms with van der Waals surface area (Å²) in [5.74, 6) is 0.463. The van der Waals surface area contributed by atoms with E-state index in [2.05, 4.69) is 15.9 Å². The normalized spacial score (nSPS) is 10.9. The number of hydrogen-bond acceptors (Lipinski definition) is 5. The first-order chi connectivity index (χ1) is 13.7. The molecule has 5 nitrogen and oxygen atoms in total. The van der Waals surface area contributed by atoms with Gasteiger partial charge in [-0.25, -0.2) is 0 Å². The van der Waals surface area contributed by atoms with Crippen LogP contribution in [0.3, 0.4) is 0 Å². The van der Waals surface area contributed by atoms with Crippen LogP contribution in [-0.2, 0) is 9.53 Å². The summed E-state index contributed by atoms with van der Waals surface area (Å²) in [5.41, 5.74) is 1.18. The van der Waals surface area contributed by atoms with E-state index in [4.69, 9.17) is 9.47 Å². The predicted molar refractivity (Wildman–Crippen MR) is 120 cm³/mol. The summed E-state index contributed by atoms with van der Waals surface area (Å²) in [6.07, 6.45) is 0.851. The number of halogens is 1. The molecule has 0 saturated heterocycles. The SMILES string of the molecule is CN(CC=O)CCOc1ccc(Br)cc1C(=O)c1ccccc1.COC(C)(C)C. The lowest BCUT2D eigenvalue weighted by atomic mass is 10.0. The summed E-state index contributed by atoms with van der Waals surface area (Å²) in [4.78, 5) is 25.0. The molecule has 0 aliphatic heterocycles. The third-order valence-corrected chi connectivity index (χ3v) is 4.44. The lowest BCUT2D eigenvalue weighted by Crippen LogP contribution is -2.26. The molecule has 0 N–H and O–H groups in total. The van der Waals surface area contributed by atoms with Crippen molar-refractivity contribution in [1.82, 2.24) is 4.90 Å². The minimum atomic E-state index is -0.0804. The number of likely N-dealkylation sites (N-methyl/N-ethyl adjacent to an activating group) is 1. The van der Waals surface area contributed by atoms with Gasteiger partial charge in [-0.05, 0) is 46.0 Å². The Morgan fingerprint density at radius 3 is 2.31 bits per heavy atom. The zero-order valence-corrected chi connectivity index (χ0v) is 19.4. The molecule has 6 heteroatoms. The Labute approximate surface area is 182 Å². The van der Waals surface area contributed by atoms with Gasteiger partial charge in [0, 0.05) is 23.7 Å². The molecule has 0 radical (unpaired) electrons. The summed E-state index contributed by atoms with van der Waals surface area (Å²) >= 11 is 3.39. The van der Waals surface area contributed by atoms with Crippen molar-refractivity contribution in [2.75, 3.05) is 33.9 Å². The monoisotopic (exact) mass is 463 g/mol. The van der Waals surface area contributed by atoms with E-state index in [1.54, 1.807) is 31.4 Å². The maximum Gasteiger partial charge on any atom is 0.196 e. The fourth-order valence-corrected chi connectivity index (χ4v) is 2.44. The number of carbonyl (C=O) groups excluding carboxylic acids is 2. The van der Waals surface area contributed by atoms with Crippen LogP contribution in [0.5, 0.6) is 5.75 Å². The van der Waals surface area contributed by atoms with Crippen molar-refractivity contribution in [3.05, 3.63) is 64.1 Å². The van der Waals surface area contributed by atoms with Gasteiger partial charge in [-0.2, -0.15) is 0 Å². The van der Waals surface area contributed by atoms with E-state index in [0.717, 1.165) is 10.8 Å². The molecule has 0 bridgehead atoms. The van der Waals surface area contributed by atoms with Crippen LogP contribution in [-0.4, -0.2) is 56.4 Å². The van der Waals surface area contributed by atoms with Crippen LogP contribution >= 0.6 is 15.9 Å². The zero-order chi connectivity index (χ0) is 21.9. The smallest absolute Gasteiger partial charge is 0.196 e. The van der Waals surface area contributed by atoms with Gasteiger partial charge in [-0.1, -0.05) is 46.3 Å². The van der Waals surface area contributed by atoms with Gasteiger partial charge in [0.2, 0.25) is 0 Å². The Bertz CT molecular complexity index is 772. The highest BCUT2D eigenvalue weighted by atomic mass is 79.9. The summed E-state index contributed by atoms with van der Waals surface area (Å²) in [5, 5.41) is 0. The number of carbonyl (C=O) groups is 2. The van der Waals surface area contributed by atoms with E-state index in [1.807, 2.05) is 57.0 Å². The van der Waals surface area contributed by atoms with Crippen molar-refractivity contribution in [2.45, 2.75) is 26.4 Å². The zero-order valence-electron chi connectivity index (χ0n) is 17.8. The third kappa shape index (κ3) is 9.83. The van der Waals surface area contributed by atoms with Crippen LogP contribution in [0.15, 0.2) is 53.0 Å². The largest absolute Gasteiger partial charge is 0.491 e. The fourth-order valence-electron chi connectivity index (χ4n) is 2.08. The van der Waals surface area contributed by atoms with Crippen molar-refractivity contribution in [3.63, 3.8) is 0 Å². The van der Waals surface area contributed by atoms with E-state index in [-0.39, 0.29) is 11.4 Å². The molecule has 0 unspecified atom stereocenters. The standard InChI is InChI=1S/C18H18BrNO3.C5H12O/c1-20(9-11-21)10-12-23-17-8-7-15(19)13-16(17)18(22)14-5-3-2-4-6-14;1-5(2,3)6-4/h2-8,11,13H,9-10,12H2,1H3;1-4H3. The second-order valence-corrected chi connectivity index (χ2v) is 8.35. The van der Waals surface area contributed by atoms with Gasteiger partial charge in [0.05, 0.1) is 17.7 Å². The Hall–Kier alpha value is -2.02. The van der Waals surface area contributed by atoms with E-state index in [0.29, 0.717) is 36.6 Å². The van der Waals surface area contributed by atoms with Crippen molar-refractivity contribution < 1.29 is 19.1 Å². The molecule has 2 aromatic rings. The molecule has 0 saturated carbocycles. The molecule has 2 rings (SSSR count). The van der Waals surface area contributed by atoms with Gasteiger partial charge in [-0.15, -0.1) is 0 Å². The molecule has 29 heavy (non-hydrogen) atoms. The molecule has 0 fully saturated rings. The first-order valence-corrected chi connectivity index (χ1v) is 10.2. The maximum atomic E-state index is 12.7. The highest BCUT2D eigenvalue weighted by molar-refractivity contribution is 9.10.